The Morgan fingerprint density at radius 2 is 2.22 bits per heavy atom. The van der Waals surface area contributed by atoms with Crippen molar-refractivity contribution in [1.29, 1.82) is 0 Å². The second kappa shape index (κ2) is 6.19. The summed E-state index contributed by atoms with van der Waals surface area (Å²) in [4.78, 5) is 0. The second-order valence-corrected chi connectivity index (χ2v) is 4.99. The first-order valence-electron chi connectivity index (χ1n) is 6.67. The Hall–Kier alpha value is -1.09. The van der Waals surface area contributed by atoms with E-state index >= 15 is 0 Å². The summed E-state index contributed by atoms with van der Waals surface area (Å²) in [6.07, 6.45) is 6.00. The fraction of sp³-hybridized carbons (Fsp3) is 0.600. The summed E-state index contributed by atoms with van der Waals surface area (Å²) in [5.41, 5.74) is 0.948. The standard InChI is InChI=1S/C15H21FO2/c1-11-6-8-14(18-11)5-3-4-12-10-13(16)7-9-15(12)17-2/h7,9-11,14H,3-6,8H2,1-2H3. The topological polar surface area (TPSA) is 18.5 Å². The molecule has 2 unspecified atom stereocenters. The first-order chi connectivity index (χ1) is 8.69. The van der Waals surface area contributed by atoms with Crippen molar-refractivity contribution in [2.24, 2.45) is 0 Å². The Morgan fingerprint density at radius 3 is 2.89 bits per heavy atom. The zero-order valence-corrected chi connectivity index (χ0v) is 11.1. The number of hydrogen-bond acceptors (Lipinski definition) is 2. The van der Waals surface area contributed by atoms with Crippen molar-refractivity contribution >= 4 is 0 Å². The fourth-order valence-corrected chi connectivity index (χ4v) is 2.56. The molecule has 2 atom stereocenters. The molecule has 1 aliphatic rings. The molecular formula is C15H21FO2. The molecule has 0 N–H and O–H groups in total. The number of halogens is 1. The van der Waals surface area contributed by atoms with E-state index in [-0.39, 0.29) is 5.82 Å². The van der Waals surface area contributed by atoms with Gasteiger partial charge in [-0.25, -0.2) is 4.39 Å². The maximum absolute atomic E-state index is 13.2. The average molecular weight is 252 g/mol. The van der Waals surface area contributed by atoms with Gasteiger partial charge < -0.3 is 9.47 Å². The third-order valence-electron chi connectivity index (χ3n) is 3.53. The van der Waals surface area contributed by atoms with Crippen LogP contribution in [0.3, 0.4) is 0 Å². The summed E-state index contributed by atoms with van der Waals surface area (Å²) in [5.74, 6) is 0.577. The number of methoxy groups -OCH3 is 1. The van der Waals surface area contributed by atoms with Crippen molar-refractivity contribution in [2.75, 3.05) is 7.11 Å². The fourth-order valence-electron chi connectivity index (χ4n) is 2.56. The van der Waals surface area contributed by atoms with Crippen LogP contribution in [-0.4, -0.2) is 19.3 Å². The molecule has 0 spiro atoms. The molecule has 0 saturated carbocycles. The van der Waals surface area contributed by atoms with Gasteiger partial charge in [0.25, 0.3) is 0 Å². The molecule has 1 aromatic rings. The molecule has 0 radical (unpaired) electrons. The molecular weight excluding hydrogens is 231 g/mol. The van der Waals surface area contributed by atoms with Crippen molar-refractivity contribution in [3.63, 3.8) is 0 Å². The summed E-state index contributed by atoms with van der Waals surface area (Å²) < 4.78 is 24.2. The quantitative estimate of drug-likeness (QED) is 0.795. The number of aryl methyl sites for hydroxylation is 1. The van der Waals surface area contributed by atoms with Crippen LogP contribution >= 0.6 is 0 Å². The van der Waals surface area contributed by atoms with E-state index in [1.165, 1.54) is 6.07 Å². The first-order valence-corrected chi connectivity index (χ1v) is 6.67. The SMILES string of the molecule is COc1ccc(F)cc1CCCC1CCC(C)O1. The lowest BCUT2D eigenvalue weighted by Gasteiger charge is -2.12. The Balaban J connectivity index is 1.84. The highest BCUT2D eigenvalue weighted by Crippen LogP contribution is 2.25. The maximum Gasteiger partial charge on any atom is 0.123 e. The highest BCUT2D eigenvalue weighted by atomic mass is 19.1. The van der Waals surface area contributed by atoms with Gasteiger partial charge in [0.1, 0.15) is 11.6 Å². The van der Waals surface area contributed by atoms with E-state index in [9.17, 15) is 4.39 Å². The molecule has 2 rings (SSSR count). The minimum absolute atomic E-state index is 0.198. The van der Waals surface area contributed by atoms with Gasteiger partial charge in [-0.15, -0.1) is 0 Å². The lowest BCUT2D eigenvalue weighted by Crippen LogP contribution is -2.08. The molecule has 1 fully saturated rings. The zero-order valence-electron chi connectivity index (χ0n) is 11.1. The van der Waals surface area contributed by atoms with E-state index in [0.29, 0.717) is 12.2 Å². The van der Waals surface area contributed by atoms with Crippen molar-refractivity contribution in [1.82, 2.24) is 0 Å². The minimum atomic E-state index is -0.198. The highest BCUT2D eigenvalue weighted by Gasteiger charge is 2.21. The van der Waals surface area contributed by atoms with Crippen LogP contribution in [0.1, 0.15) is 38.2 Å². The number of benzene rings is 1. The third kappa shape index (κ3) is 3.45. The van der Waals surface area contributed by atoms with Gasteiger partial charge in [-0.1, -0.05) is 0 Å². The molecule has 0 aromatic heterocycles. The Labute approximate surface area is 108 Å². The molecule has 1 heterocycles. The van der Waals surface area contributed by atoms with Gasteiger partial charge in [-0.2, -0.15) is 0 Å². The monoisotopic (exact) mass is 252 g/mol. The molecule has 1 saturated heterocycles. The van der Waals surface area contributed by atoms with Gasteiger partial charge in [-0.05, 0) is 62.8 Å². The normalized spacial score (nSPS) is 23.3. The predicted molar refractivity (Wildman–Crippen MR) is 69.5 cm³/mol. The van der Waals surface area contributed by atoms with E-state index in [2.05, 4.69) is 6.92 Å². The molecule has 0 aliphatic carbocycles. The van der Waals surface area contributed by atoms with E-state index in [4.69, 9.17) is 9.47 Å². The lowest BCUT2D eigenvalue weighted by molar-refractivity contribution is 0.0499. The van der Waals surface area contributed by atoms with Crippen LogP contribution in [0.25, 0.3) is 0 Å². The molecule has 1 aliphatic heterocycles. The van der Waals surface area contributed by atoms with Crippen LogP contribution in [0.15, 0.2) is 18.2 Å². The lowest BCUT2D eigenvalue weighted by atomic mass is 10.0. The summed E-state index contributed by atoms with van der Waals surface area (Å²) in [6.45, 7) is 2.12. The number of ether oxygens (including phenoxy) is 2. The smallest absolute Gasteiger partial charge is 0.123 e. The van der Waals surface area contributed by atoms with Crippen LogP contribution < -0.4 is 4.74 Å². The van der Waals surface area contributed by atoms with Crippen molar-refractivity contribution in [3.8, 4) is 5.75 Å². The van der Waals surface area contributed by atoms with Gasteiger partial charge in [0.2, 0.25) is 0 Å². The van der Waals surface area contributed by atoms with Crippen molar-refractivity contribution in [3.05, 3.63) is 29.6 Å². The van der Waals surface area contributed by atoms with E-state index in [0.717, 1.165) is 43.4 Å². The number of rotatable bonds is 5. The van der Waals surface area contributed by atoms with E-state index < -0.39 is 0 Å². The Kier molecular flexibility index (Phi) is 4.59. The first kappa shape index (κ1) is 13.3. The minimum Gasteiger partial charge on any atom is -0.496 e. The van der Waals surface area contributed by atoms with E-state index in [1.54, 1.807) is 19.2 Å². The van der Waals surface area contributed by atoms with Gasteiger partial charge in [0.15, 0.2) is 0 Å². The van der Waals surface area contributed by atoms with Crippen molar-refractivity contribution in [2.45, 2.75) is 51.2 Å². The van der Waals surface area contributed by atoms with Gasteiger partial charge >= 0.3 is 0 Å². The molecule has 100 valence electrons. The second-order valence-electron chi connectivity index (χ2n) is 4.99. The highest BCUT2D eigenvalue weighted by molar-refractivity contribution is 5.33. The van der Waals surface area contributed by atoms with Gasteiger partial charge in [0, 0.05) is 0 Å². The van der Waals surface area contributed by atoms with Crippen LogP contribution in [0.4, 0.5) is 4.39 Å². The largest absolute Gasteiger partial charge is 0.496 e. The van der Waals surface area contributed by atoms with Crippen LogP contribution in [0.5, 0.6) is 5.75 Å². The van der Waals surface area contributed by atoms with Gasteiger partial charge in [-0.3, -0.25) is 0 Å². The van der Waals surface area contributed by atoms with Crippen LogP contribution in [0.2, 0.25) is 0 Å². The summed E-state index contributed by atoms with van der Waals surface area (Å²) >= 11 is 0. The molecule has 0 amide bonds. The summed E-state index contributed by atoms with van der Waals surface area (Å²) in [5, 5.41) is 0. The van der Waals surface area contributed by atoms with Crippen LogP contribution in [0, 0.1) is 5.82 Å². The third-order valence-corrected chi connectivity index (χ3v) is 3.53. The van der Waals surface area contributed by atoms with Crippen molar-refractivity contribution < 1.29 is 13.9 Å². The van der Waals surface area contributed by atoms with Crippen LogP contribution in [-0.2, 0) is 11.2 Å². The maximum atomic E-state index is 13.2. The zero-order chi connectivity index (χ0) is 13.0. The Bertz CT molecular complexity index is 392. The van der Waals surface area contributed by atoms with Gasteiger partial charge in [0.05, 0.1) is 19.3 Å². The average Bonchev–Trinajstić information content (AvgIpc) is 2.75. The summed E-state index contributed by atoms with van der Waals surface area (Å²) in [6, 6.07) is 4.69. The molecule has 18 heavy (non-hydrogen) atoms. The molecule has 3 heteroatoms. The molecule has 1 aromatic carbocycles. The molecule has 0 bridgehead atoms. The Morgan fingerprint density at radius 1 is 1.39 bits per heavy atom. The molecule has 2 nitrogen and oxygen atoms in total. The van der Waals surface area contributed by atoms with E-state index in [1.807, 2.05) is 0 Å². The number of hydrogen-bond donors (Lipinski definition) is 0. The summed E-state index contributed by atoms with van der Waals surface area (Å²) in [7, 11) is 1.62. The predicted octanol–water partition coefficient (Wildman–Crippen LogP) is 3.72.